The van der Waals surface area contributed by atoms with E-state index in [0.29, 0.717) is 0 Å². The maximum Gasteiger partial charge on any atom is 0.174 e. The molecule has 1 heterocycles. The van der Waals surface area contributed by atoms with Gasteiger partial charge in [0, 0.05) is 8.04 Å². The summed E-state index contributed by atoms with van der Waals surface area (Å²) in [6.07, 6.45) is 0. The van der Waals surface area contributed by atoms with Crippen molar-refractivity contribution in [3.8, 4) is 5.06 Å². The molecular weight excluding hydrogens is 375 g/mol. The number of ether oxygens (including phenoxy) is 1. The Hall–Kier alpha value is 0.190. The summed E-state index contributed by atoms with van der Waals surface area (Å²) < 4.78 is 9.15. The quantitative estimate of drug-likeness (QED) is 0.686. The van der Waals surface area contributed by atoms with E-state index in [0.717, 1.165) is 11.7 Å². The lowest BCUT2D eigenvalue weighted by molar-refractivity contribution is 0.350. The average Bonchev–Trinajstić information content (AvgIpc) is 2.56. The maximum absolute atomic E-state index is 5.48. The molecule has 2 rings (SSSR count). The minimum Gasteiger partial charge on any atom is -0.484 e. The van der Waals surface area contributed by atoms with E-state index in [1.807, 2.05) is 6.92 Å². The monoisotopic (exact) mass is 382 g/mol. The second kappa shape index (κ2) is 4.37. The van der Waals surface area contributed by atoms with Crippen molar-refractivity contribution in [2.45, 2.75) is 6.92 Å². The SMILES string of the molecule is CCOc1cc2ccc(I)c(Br)c2s1. The molecule has 74 valence electrons. The third-order valence-corrected chi connectivity index (χ3v) is 5.65. The molecule has 1 aromatic carbocycles. The number of hydrogen-bond donors (Lipinski definition) is 0. The van der Waals surface area contributed by atoms with Gasteiger partial charge in [0.2, 0.25) is 0 Å². The fourth-order valence-electron chi connectivity index (χ4n) is 1.23. The van der Waals surface area contributed by atoms with Crippen LogP contribution >= 0.6 is 49.9 Å². The molecule has 0 aliphatic carbocycles. The molecule has 0 fully saturated rings. The van der Waals surface area contributed by atoms with Gasteiger partial charge in [0.1, 0.15) is 0 Å². The Kier molecular flexibility index (Phi) is 3.34. The highest BCUT2D eigenvalue weighted by Gasteiger charge is 2.07. The summed E-state index contributed by atoms with van der Waals surface area (Å²) in [6, 6.07) is 6.32. The standard InChI is InChI=1S/C10H8BrIOS/c1-2-13-8-5-6-3-4-7(12)9(11)10(6)14-8/h3-5H,2H2,1H3. The fourth-order valence-corrected chi connectivity index (χ4v) is 3.48. The zero-order chi connectivity index (χ0) is 10.1. The van der Waals surface area contributed by atoms with Crippen LogP contribution < -0.4 is 4.74 Å². The first-order valence-electron chi connectivity index (χ1n) is 4.22. The molecule has 1 nitrogen and oxygen atoms in total. The predicted octanol–water partition coefficient (Wildman–Crippen LogP) is 4.67. The Labute approximate surface area is 109 Å². The zero-order valence-electron chi connectivity index (χ0n) is 7.51. The van der Waals surface area contributed by atoms with Crippen molar-refractivity contribution in [3.63, 3.8) is 0 Å². The van der Waals surface area contributed by atoms with Gasteiger partial charge >= 0.3 is 0 Å². The highest BCUT2D eigenvalue weighted by atomic mass is 127. The molecule has 0 saturated carbocycles. The Morgan fingerprint density at radius 3 is 3.00 bits per heavy atom. The molecule has 0 spiro atoms. The Balaban J connectivity index is 2.59. The van der Waals surface area contributed by atoms with Gasteiger partial charge in [0.05, 0.1) is 11.3 Å². The normalized spacial score (nSPS) is 10.8. The van der Waals surface area contributed by atoms with Crippen LogP contribution in [-0.4, -0.2) is 6.61 Å². The van der Waals surface area contributed by atoms with Crippen LogP contribution in [0.4, 0.5) is 0 Å². The van der Waals surface area contributed by atoms with E-state index in [1.165, 1.54) is 18.1 Å². The molecule has 0 aliphatic rings. The smallest absolute Gasteiger partial charge is 0.174 e. The van der Waals surface area contributed by atoms with Crippen molar-refractivity contribution >= 4 is 59.9 Å². The van der Waals surface area contributed by atoms with E-state index in [1.54, 1.807) is 11.3 Å². The summed E-state index contributed by atoms with van der Waals surface area (Å²) >= 11 is 7.60. The molecule has 0 aliphatic heterocycles. The van der Waals surface area contributed by atoms with Crippen molar-refractivity contribution in [2.75, 3.05) is 6.61 Å². The molecular formula is C10H8BrIOS. The van der Waals surface area contributed by atoms with Gasteiger partial charge < -0.3 is 4.74 Å². The van der Waals surface area contributed by atoms with E-state index in [-0.39, 0.29) is 0 Å². The summed E-state index contributed by atoms with van der Waals surface area (Å²) in [7, 11) is 0. The molecule has 14 heavy (non-hydrogen) atoms. The van der Waals surface area contributed by atoms with Gasteiger partial charge in [-0.15, -0.1) is 0 Å². The summed E-state index contributed by atoms with van der Waals surface area (Å²) in [5.74, 6) is 0. The molecule has 0 atom stereocenters. The fraction of sp³-hybridized carbons (Fsp3) is 0.200. The number of rotatable bonds is 2. The van der Waals surface area contributed by atoms with Gasteiger partial charge in [0.25, 0.3) is 0 Å². The van der Waals surface area contributed by atoms with Crippen molar-refractivity contribution in [1.82, 2.24) is 0 Å². The first-order valence-corrected chi connectivity index (χ1v) is 6.91. The molecule has 0 radical (unpaired) electrons. The van der Waals surface area contributed by atoms with Gasteiger partial charge in [-0.25, -0.2) is 0 Å². The van der Waals surface area contributed by atoms with E-state index >= 15 is 0 Å². The lowest BCUT2D eigenvalue weighted by Crippen LogP contribution is -1.86. The molecule has 4 heteroatoms. The molecule has 0 bridgehead atoms. The third kappa shape index (κ3) is 1.92. The Bertz CT molecular complexity index is 466. The Morgan fingerprint density at radius 2 is 2.29 bits per heavy atom. The minimum atomic E-state index is 0.724. The predicted molar refractivity (Wildman–Crippen MR) is 73.4 cm³/mol. The molecule has 0 N–H and O–H groups in total. The van der Waals surface area contributed by atoms with Crippen LogP contribution in [0, 0.1) is 3.57 Å². The summed E-state index contributed by atoms with van der Waals surface area (Å²) in [5, 5.41) is 2.23. The summed E-state index contributed by atoms with van der Waals surface area (Å²) in [4.78, 5) is 0. The average molecular weight is 383 g/mol. The molecule has 1 aromatic heterocycles. The first-order chi connectivity index (χ1) is 6.72. The van der Waals surface area contributed by atoms with Crippen LogP contribution in [0.3, 0.4) is 0 Å². The van der Waals surface area contributed by atoms with Crippen molar-refractivity contribution < 1.29 is 4.74 Å². The van der Waals surface area contributed by atoms with E-state index in [4.69, 9.17) is 4.74 Å². The summed E-state index contributed by atoms with van der Waals surface area (Å²) in [5.41, 5.74) is 0. The minimum absolute atomic E-state index is 0.724. The van der Waals surface area contributed by atoms with Gasteiger partial charge in [-0.3, -0.25) is 0 Å². The second-order valence-corrected chi connectivity index (χ2v) is 5.75. The zero-order valence-corrected chi connectivity index (χ0v) is 12.1. The van der Waals surface area contributed by atoms with Crippen LogP contribution in [0.25, 0.3) is 10.1 Å². The largest absolute Gasteiger partial charge is 0.484 e. The maximum atomic E-state index is 5.48. The Morgan fingerprint density at radius 1 is 1.50 bits per heavy atom. The van der Waals surface area contributed by atoms with Crippen LogP contribution in [0.1, 0.15) is 6.92 Å². The lowest BCUT2D eigenvalue weighted by Gasteiger charge is -1.96. The molecule has 0 unspecified atom stereocenters. The number of fused-ring (bicyclic) bond motifs is 1. The van der Waals surface area contributed by atoms with Gasteiger partial charge in [-0.05, 0) is 63.0 Å². The molecule has 2 aromatic rings. The third-order valence-electron chi connectivity index (χ3n) is 1.84. The van der Waals surface area contributed by atoms with Crippen LogP contribution in [0.15, 0.2) is 22.7 Å². The molecule has 0 saturated heterocycles. The van der Waals surface area contributed by atoms with Gasteiger partial charge in [0.15, 0.2) is 5.06 Å². The van der Waals surface area contributed by atoms with Crippen molar-refractivity contribution in [1.29, 1.82) is 0 Å². The topological polar surface area (TPSA) is 9.23 Å². The van der Waals surface area contributed by atoms with Gasteiger partial charge in [-0.2, -0.15) is 0 Å². The van der Waals surface area contributed by atoms with Gasteiger partial charge in [-0.1, -0.05) is 17.4 Å². The number of halogens is 2. The first kappa shape index (κ1) is 10.7. The number of benzene rings is 1. The number of thiophene rings is 1. The lowest BCUT2D eigenvalue weighted by atomic mass is 10.3. The van der Waals surface area contributed by atoms with Crippen LogP contribution in [0.5, 0.6) is 5.06 Å². The molecule has 0 amide bonds. The second-order valence-electron chi connectivity index (χ2n) is 2.78. The van der Waals surface area contributed by atoms with Crippen LogP contribution in [-0.2, 0) is 0 Å². The number of hydrogen-bond acceptors (Lipinski definition) is 2. The van der Waals surface area contributed by atoms with E-state index in [9.17, 15) is 0 Å². The van der Waals surface area contributed by atoms with Crippen LogP contribution in [0.2, 0.25) is 0 Å². The summed E-state index contributed by atoms with van der Waals surface area (Å²) in [6.45, 7) is 2.73. The highest BCUT2D eigenvalue weighted by molar-refractivity contribution is 14.1. The van der Waals surface area contributed by atoms with Crippen molar-refractivity contribution in [2.24, 2.45) is 0 Å². The van der Waals surface area contributed by atoms with E-state index < -0.39 is 0 Å². The van der Waals surface area contributed by atoms with E-state index in [2.05, 4.69) is 56.7 Å². The highest BCUT2D eigenvalue weighted by Crippen LogP contribution is 2.38. The van der Waals surface area contributed by atoms with Crippen molar-refractivity contribution in [3.05, 3.63) is 26.2 Å².